The van der Waals surface area contributed by atoms with Gasteiger partial charge in [-0.1, -0.05) is 30.4 Å². The lowest BCUT2D eigenvalue weighted by Gasteiger charge is -2.29. The minimum Gasteiger partial charge on any atom is -0.494 e. The van der Waals surface area contributed by atoms with Crippen molar-refractivity contribution in [2.24, 2.45) is 10.9 Å². The van der Waals surface area contributed by atoms with Crippen LogP contribution in [0.1, 0.15) is 27.0 Å². The van der Waals surface area contributed by atoms with Crippen molar-refractivity contribution in [2.75, 3.05) is 39.7 Å². The lowest BCUT2D eigenvalue weighted by Crippen LogP contribution is -2.34. The molecule has 8 nitrogen and oxygen atoms in total. The number of carbonyl (C=O) groups excluding carboxylic acids is 2. The lowest BCUT2D eigenvalue weighted by atomic mass is 9.84. The van der Waals surface area contributed by atoms with Crippen molar-refractivity contribution in [3.8, 4) is 17.2 Å². The number of fused-ring (bicyclic) bond motifs is 3. The normalized spacial score (nSPS) is 17.3. The number of methoxy groups -OCH3 is 3. The molecule has 1 amide bonds. The minimum atomic E-state index is -0.688. The van der Waals surface area contributed by atoms with Gasteiger partial charge in [0.15, 0.2) is 17.3 Å². The van der Waals surface area contributed by atoms with Crippen molar-refractivity contribution in [1.29, 1.82) is 0 Å². The predicted octanol–water partition coefficient (Wildman–Crippen LogP) is 5.33. The zero-order chi connectivity index (χ0) is 29.2. The molecular formula is C34H33N3O5. The number of anilines is 1. The van der Waals surface area contributed by atoms with Gasteiger partial charge in [0, 0.05) is 30.9 Å². The summed E-state index contributed by atoms with van der Waals surface area (Å²) in [6.45, 7) is 2.79. The number of amides is 1. The molecule has 6 rings (SSSR count). The zero-order valence-electron chi connectivity index (χ0n) is 24.0. The van der Waals surface area contributed by atoms with Crippen molar-refractivity contribution in [2.45, 2.75) is 19.4 Å². The number of carbonyl (C=O) groups is 2. The van der Waals surface area contributed by atoms with Crippen LogP contribution in [-0.2, 0) is 24.2 Å². The summed E-state index contributed by atoms with van der Waals surface area (Å²) in [5.41, 5.74) is 6.29. The molecule has 0 saturated heterocycles. The predicted molar refractivity (Wildman–Crippen MR) is 162 cm³/mol. The molecule has 0 bridgehead atoms. The summed E-state index contributed by atoms with van der Waals surface area (Å²) in [4.78, 5) is 33.7. The van der Waals surface area contributed by atoms with E-state index in [0.29, 0.717) is 34.0 Å². The molecular weight excluding hydrogens is 530 g/mol. The van der Waals surface area contributed by atoms with Gasteiger partial charge in [-0.05, 0) is 72.0 Å². The number of nitrogens with one attached hydrogen (secondary N) is 1. The van der Waals surface area contributed by atoms with Crippen LogP contribution in [0.15, 0.2) is 83.4 Å². The van der Waals surface area contributed by atoms with E-state index in [0.717, 1.165) is 44.0 Å². The standard InChI is InChI=1S/C34H33N3O5/c1-40-28-9-5-7-26-32(28)36-31-25(33(26)38)6-4-8-27(31)34(39)35-24-12-10-21(11-13-24)14-16-37-17-15-22-18-29(41-2)30(42-3)19-23(22)20-37/h4-13,18-19,27H,14-17,20H2,1-3H3,(H,35,39). The zero-order valence-corrected chi connectivity index (χ0v) is 24.0. The van der Waals surface area contributed by atoms with E-state index in [1.165, 1.54) is 16.7 Å². The highest BCUT2D eigenvalue weighted by Crippen LogP contribution is 2.39. The third-order valence-electron chi connectivity index (χ3n) is 8.10. The average molecular weight is 564 g/mol. The van der Waals surface area contributed by atoms with Crippen molar-refractivity contribution in [3.05, 3.63) is 101 Å². The number of hydrogen-bond acceptors (Lipinski definition) is 7. The Balaban J connectivity index is 1.09. The Hall–Kier alpha value is -4.69. The molecule has 1 atom stereocenters. The molecule has 8 heteroatoms. The number of ether oxygens (including phenoxy) is 3. The second-order valence-electron chi connectivity index (χ2n) is 10.6. The third-order valence-corrected chi connectivity index (χ3v) is 8.10. The van der Waals surface area contributed by atoms with Gasteiger partial charge in [-0.3, -0.25) is 14.5 Å². The molecule has 0 fully saturated rings. The van der Waals surface area contributed by atoms with Crippen LogP contribution < -0.4 is 19.5 Å². The maximum absolute atomic E-state index is 13.4. The number of para-hydroxylation sites is 1. The van der Waals surface area contributed by atoms with E-state index in [9.17, 15) is 9.59 Å². The van der Waals surface area contributed by atoms with Crippen molar-refractivity contribution >= 4 is 28.8 Å². The number of hydrogen-bond donors (Lipinski definition) is 1. The first-order valence-corrected chi connectivity index (χ1v) is 14.0. The topological polar surface area (TPSA) is 89.5 Å². The Bertz CT molecular complexity index is 1640. The van der Waals surface area contributed by atoms with Crippen LogP contribution in [0.5, 0.6) is 17.2 Å². The molecule has 214 valence electrons. The van der Waals surface area contributed by atoms with Crippen LogP contribution in [0, 0.1) is 5.92 Å². The first-order valence-electron chi connectivity index (χ1n) is 14.0. The molecule has 0 aromatic heterocycles. The fourth-order valence-electron chi connectivity index (χ4n) is 5.79. The fourth-order valence-corrected chi connectivity index (χ4v) is 5.79. The molecule has 1 aliphatic carbocycles. The average Bonchev–Trinajstić information content (AvgIpc) is 3.03. The van der Waals surface area contributed by atoms with Crippen LogP contribution in [0.4, 0.5) is 11.4 Å². The van der Waals surface area contributed by atoms with Gasteiger partial charge in [0.1, 0.15) is 11.4 Å². The second kappa shape index (κ2) is 11.7. The molecule has 3 aromatic carbocycles. The quantitative estimate of drug-likeness (QED) is 0.398. The molecule has 42 heavy (non-hydrogen) atoms. The summed E-state index contributed by atoms with van der Waals surface area (Å²) >= 11 is 0. The highest BCUT2D eigenvalue weighted by atomic mass is 16.5. The maximum Gasteiger partial charge on any atom is 0.237 e. The van der Waals surface area contributed by atoms with E-state index in [1.54, 1.807) is 57.8 Å². The second-order valence-corrected chi connectivity index (χ2v) is 10.6. The van der Waals surface area contributed by atoms with Crippen molar-refractivity contribution < 1.29 is 23.8 Å². The van der Waals surface area contributed by atoms with E-state index in [2.05, 4.69) is 22.3 Å². The van der Waals surface area contributed by atoms with Gasteiger partial charge in [0.05, 0.1) is 38.5 Å². The summed E-state index contributed by atoms with van der Waals surface area (Å²) in [6, 6.07) is 17.4. The number of allylic oxidation sites excluding steroid dienone is 3. The lowest BCUT2D eigenvalue weighted by molar-refractivity contribution is -0.117. The van der Waals surface area contributed by atoms with Gasteiger partial charge in [-0.15, -0.1) is 0 Å². The first-order chi connectivity index (χ1) is 20.5. The van der Waals surface area contributed by atoms with E-state index < -0.39 is 5.92 Å². The molecule has 0 radical (unpaired) electrons. The van der Waals surface area contributed by atoms with Gasteiger partial charge in [-0.25, -0.2) is 4.99 Å². The third kappa shape index (κ3) is 5.21. The largest absolute Gasteiger partial charge is 0.494 e. The summed E-state index contributed by atoms with van der Waals surface area (Å²) in [7, 11) is 4.88. The van der Waals surface area contributed by atoms with Gasteiger partial charge in [-0.2, -0.15) is 0 Å². The smallest absolute Gasteiger partial charge is 0.237 e. The van der Waals surface area contributed by atoms with Gasteiger partial charge in [0.25, 0.3) is 0 Å². The Labute approximate surface area is 245 Å². The number of nitrogens with zero attached hydrogens (tertiary/aromatic N) is 2. The molecule has 1 unspecified atom stereocenters. The highest BCUT2D eigenvalue weighted by molar-refractivity contribution is 6.37. The van der Waals surface area contributed by atoms with E-state index in [-0.39, 0.29) is 11.7 Å². The van der Waals surface area contributed by atoms with E-state index in [1.807, 2.05) is 24.3 Å². The van der Waals surface area contributed by atoms with Crippen LogP contribution in [-0.4, -0.2) is 56.7 Å². The van der Waals surface area contributed by atoms with Crippen LogP contribution in [0.3, 0.4) is 0 Å². The molecule has 3 aromatic rings. The Morgan fingerprint density at radius 2 is 1.71 bits per heavy atom. The summed E-state index contributed by atoms with van der Waals surface area (Å²) in [5.74, 6) is 0.958. The summed E-state index contributed by atoms with van der Waals surface area (Å²) < 4.78 is 16.4. The highest BCUT2D eigenvalue weighted by Gasteiger charge is 2.35. The van der Waals surface area contributed by atoms with Crippen LogP contribution >= 0.6 is 0 Å². The van der Waals surface area contributed by atoms with Crippen molar-refractivity contribution in [1.82, 2.24) is 4.90 Å². The van der Waals surface area contributed by atoms with Crippen molar-refractivity contribution in [3.63, 3.8) is 0 Å². The molecule has 3 aliphatic rings. The van der Waals surface area contributed by atoms with Gasteiger partial charge >= 0.3 is 0 Å². The first kappa shape index (κ1) is 27.5. The fraction of sp³-hybridized carbons (Fsp3) is 0.265. The molecule has 0 saturated carbocycles. The number of aliphatic imine (C=N–C) groups is 1. The van der Waals surface area contributed by atoms with E-state index >= 15 is 0 Å². The Morgan fingerprint density at radius 1 is 0.976 bits per heavy atom. The maximum atomic E-state index is 13.4. The minimum absolute atomic E-state index is 0.156. The van der Waals surface area contributed by atoms with Gasteiger partial charge in [0.2, 0.25) is 5.91 Å². The Morgan fingerprint density at radius 3 is 2.45 bits per heavy atom. The number of benzene rings is 3. The molecule has 0 spiro atoms. The van der Waals surface area contributed by atoms with E-state index in [4.69, 9.17) is 19.2 Å². The number of rotatable bonds is 8. The molecule has 2 aliphatic heterocycles. The monoisotopic (exact) mass is 563 g/mol. The summed E-state index contributed by atoms with van der Waals surface area (Å²) in [6.07, 6.45) is 7.11. The van der Waals surface area contributed by atoms with Crippen LogP contribution in [0.2, 0.25) is 0 Å². The Kier molecular flexibility index (Phi) is 7.63. The molecule has 1 N–H and O–H groups in total. The van der Waals surface area contributed by atoms with Gasteiger partial charge < -0.3 is 19.5 Å². The number of ketones is 1. The molecule has 2 heterocycles. The number of Topliss-reactive ketones (excluding diaryl/α,β-unsaturated/α-hetero) is 1. The van der Waals surface area contributed by atoms with Crippen LogP contribution in [0.25, 0.3) is 0 Å². The SMILES string of the molecule is COc1cc2c(cc1OC)CN(CCc1ccc(NC(=O)C3C=CC=C4C(=O)c5cccc(OC)c5N=C43)cc1)CC2. The summed E-state index contributed by atoms with van der Waals surface area (Å²) in [5, 5.41) is 3.00.